The molecule has 1 aromatic carbocycles. The summed E-state index contributed by atoms with van der Waals surface area (Å²) >= 11 is 3.38. The molecule has 0 N–H and O–H groups in total. The van der Waals surface area contributed by atoms with Gasteiger partial charge in [-0.25, -0.2) is 9.79 Å². The maximum atomic E-state index is 13.0. The molecule has 0 amide bonds. The minimum atomic E-state index is -0.653. The Morgan fingerprint density at radius 3 is 2.96 bits per heavy atom. The summed E-state index contributed by atoms with van der Waals surface area (Å²) in [6, 6.07) is 4.67. The van der Waals surface area contributed by atoms with Gasteiger partial charge in [-0.05, 0) is 25.5 Å². The van der Waals surface area contributed by atoms with Crippen LogP contribution in [0.25, 0.3) is 0 Å². The van der Waals surface area contributed by atoms with Gasteiger partial charge < -0.3 is 14.3 Å². The highest BCUT2D eigenvalue weighted by molar-refractivity contribution is 9.10. The molecule has 0 saturated heterocycles. The summed E-state index contributed by atoms with van der Waals surface area (Å²) < 4.78 is 12.4. The van der Waals surface area contributed by atoms with E-state index in [2.05, 4.69) is 26.1 Å². The summed E-state index contributed by atoms with van der Waals surface area (Å²) in [6.45, 7) is 4.45. The van der Waals surface area contributed by atoms with Gasteiger partial charge in [-0.1, -0.05) is 28.0 Å². The third-order valence-corrected chi connectivity index (χ3v) is 4.65. The Hall–Kier alpha value is -2.29. The second-order valence-corrected chi connectivity index (χ2v) is 7.11. The Morgan fingerprint density at radius 2 is 2.22 bits per heavy atom. The molecule has 144 valence electrons. The number of ether oxygens (including phenoxy) is 2. The van der Waals surface area contributed by atoms with Crippen molar-refractivity contribution < 1.29 is 23.9 Å². The summed E-state index contributed by atoms with van der Waals surface area (Å²) in [4.78, 5) is 34.7. The van der Waals surface area contributed by atoms with Crippen LogP contribution in [-0.4, -0.2) is 47.7 Å². The molecule has 1 aromatic rings. The first-order valence-electron chi connectivity index (χ1n) is 8.90. The Morgan fingerprint density at radius 1 is 1.41 bits per heavy atom. The van der Waals surface area contributed by atoms with Gasteiger partial charge in [-0.15, -0.1) is 0 Å². The van der Waals surface area contributed by atoms with Crippen molar-refractivity contribution in [3.05, 3.63) is 27.6 Å². The third kappa shape index (κ3) is 4.35. The molecular formula is C18H21BrN3O5+. The number of benzene rings is 1. The molecule has 0 fully saturated rings. The number of aliphatic imine (C=N–C) groups is 1. The molecule has 0 aromatic heterocycles. The molecule has 0 bridgehead atoms. The number of hydrogen-bond acceptors (Lipinski definition) is 7. The van der Waals surface area contributed by atoms with Crippen LogP contribution in [0.2, 0.25) is 0 Å². The van der Waals surface area contributed by atoms with Gasteiger partial charge >= 0.3 is 5.97 Å². The van der Waals surface area contributed by atoms with Gasteiger partial charge in [0.2, 0.25) is 0 Å². The quantitative estimate of drug-likeness (QED) is 0.497. The number of nitroso groups, excluding NO2 is 1. The van der Waals surface area contributed by atoms with Crippen molar-refractivity contribution in [1.29, 1.82) is 0 Å². The van der Waals surface area contributed by atoms with Crippen LogP contribution in [0.5, 0.6) is 0 Å². The average molecular weight is 439 g/mol. The Kier molecular flexibility index (Phi) is 6.20. The zero-order valence-corrected chi connectivity index (χ0v) is 16.8. The van der Waals surface area contributed by atoms with E-state index in [4.69, 9.17) is 14.3 Å². The highest BCUT2D eigenvalue weighted by Crippen LogP contribution is 2.37. The van der Waals surface area contributed by atoms with Gasteiger partial charge in [-0.3, -0.25) is 0 Å². The zero-order valence-electron chi connectivity index (χ0n) is 15.2. The molecule has 2 atom stereocenters. The van der Waals surface area contributed by atoms with E-state index in [1.165, 1.54) is 0 Å². The molecule has 8 nitrogen and oxygen atoms in total. The van der Waals surface area contributed by atoms with Gasteiger partial charge in [0.05, 0.1) is 24.4 Å². The SMILES string of the molecule is CCCOC1=Nc2ccc(Br)cc2[N+](=O)C1CC1CC(C(=O)OCC)=NO1. The van der Waals surface area contributed by atoms with Gasteiger partial charge in [0.1, 0.15) is 11.8 Å². The van der Waals surface area contributed by atoms with Crippen LogP contribution in [0.4, 0.5) is 11.4 Å². The molecule has 2 heterocycles. The fourth-order valence-corrected chi connectivity index (χ4v) is 3.25. The molecule has 2 aliphatic heterocycles. The Labute approximate surface area is 165 Å². The second-order valence-electron chi connectivity index (χ2n) is 6.20. The number of oxime groups is 1. The number of rotatable bonds is 6. The monoisotopic (exact) mass is 438 g/mol. The minimum Gasteiger partial charge on any atom is -0.476 e. The van der Waals surface area contributed by atoms with E-state index in [1.807, 2.05) is 13.0 Å². The number of halogens is 1. The number of carbonyl (C=O) groups excluding carboxylic acids is 1. The van der Waals surface area contributed by atoms with Gasteiger partial charge in [0, 0.05) is 21.9 Å². The summed E-state index contributed by atoms with van der Waals surface area (Å²) in [5, 5.41) is 3.81. The molecular weight excluding hydrogens is 418 g/mol. The standard InChI is InChI=1S/C18H21BrN3O5/c1-3-7-26-17-16(10-12-9-14(21-27-12)18(23)25-4-2)22(24)15-8-11(19)5-6-13(15)20-17/h5-6,8,12,16H,3-4,7,9-10H2,1-2H3/q+1. The van der Waals surface area contributed by atoms with Crippen molar-refractivity contribution in [2.24, 2.45) is 10.1 Å². The fourth-order valence-electron chi connectivity index (χ4n) is 2.90. The highest BCUT2D eigenvalue weighted by atomic mass is 79.9. The van der Waals surface area contributed by atoms with E-state index >= 15 is 0 Å². The van der Waals surface area contributed by atoms with E-state index in [0.29, 0.717) is 30.3 Å². The molecule has 9 heteroatoms. The van der Waals surface area contributed by atoms with E-state index in [0.717, 1.165) is 15.7 Å². The van der Waals surface area contributed by atoms with E-state index in [9.17, 15) is 9.70 Å². The summed E-state index contributed by atoms with van der Waals surface area (Å²) in [5.74, 6) is -0.136. The predicted octanol–water partition coefficient (Wildman–Crippen LogP) is 3.80. The molecule has 0 spiro atoms. The maximum Gasteiger partial charge on any atom is 0.356 e. The zero-order chi connectivity index (χ0) is 19.4. The van der Waals surface area contributed by atoms with Crippen LogP contribution in [0.3, 0.4) is 0 Å². The van der Waals surface area contributed by atoms with Gasteiger partial charge in [0.15, 0.2) is 5.71 Å². The fraction of sp³-hybridized carbons (Fsp3) is 0.500. The molecule has 3 rings (SSSR count). The van der Waals surface area contributed by atoms with Crippen LogP contribution in [0.1, 0.15) is 33.1 Å². The van der Waals surface area contributed by atoms with Crippen molar-refractivity contribution >= 4 is 44.9 Å². The van der Waals surface area contributed by atoms with E-state index < -0.39 is 18.1 Å². The van der Waals surface area contributed by atoms with E-state index in [-0.39, 0.29) is 18.7 Å². The number of nitrogens with zero attached hydrogens (tertiary/aromatic N) is 3. The molecule has 0 saturated carbocycles. The van der Waals surface area contributed by atoms with Crippen LogP contribution >= 0.6 is 15.9 Å². The maximum absolute atomic E-state index is 13.0. The van der Waals surface area contributed by atoms with Crippen molar-refractivity contribution in [3.8, 4) is 0 Å². The number of esters is 1. The topological polar surface area (TPSA) is 89.6 Å². The summed E-state index contributed by atoms with van der Waals surface area (Å²) in [7, 11) is 0. The Bertz CT molecular complexity index is 808. The number of hydrogen-bond donors (Lipinski definition) is 0. The molecule has 27 heavy (non-hydrogen) atoms. The van der Waals surface area contributed by atoms with Crippen LogP contribution < -0.4 is 0 Å². The Balaban J connectivity index is 1.77. The normalized spacial score (nSPS) is 21.1. The van der Waals surface area contributed by atoms with Gasteiger partial charge in [-0.2, -0.15) is 0 Å². The first-order chi connectivity index (χ1) is 13.0. The van der Waals surface area contributed by atoms with Gasteiger partial charge in [0.25, 0.3) is 17.6 Å². The number of fused-ring (bicyclic) bond motifs is 1. The molecule has 2 unspecified atom stereocenters. The van der Waals surface area contributed by atoms with Crippen LogP contribution in [0.15, 0.2) is 32.8 Å². The average Bonchev–Trinajstić information content (AvgIpc) is 3.12. The first kappa shape index (κ1) is 19.5. The molecule has 2 aliphatic rings. The van der Waals surface area contributed by atoms with Crippen molar-refractivity contribution in [2.45, 2.75) is 45.3 Å². The lowest BCUT2D eigenvalue weighted by atomic mass is 10.0. The van der Waals surface area contributed by atoms with Crippen molar-refractivity contribution in [2.75, 3.05) is 13.2 Å². The minimum absolute atomic E-state index is 0.228. The summed E-state index contributed by atoms with van der Waals surface area (Å²) in [5.41, 5.74) is 1.25. The highest BCUT2D eigenvalue weighted by Gasteiger charge is 2.44. The lowest BCUT2D eigenvalue weighted by molar-refractivity contribution is -0.492. The van der Waals surface area contributed by atoms with E-state index in [1.54, 1.807) is 19.1 Å². The van der Waals surface area contributed by atoms with Crippen LogP contribution in [-0.2, 0) is 19.1 Å². The lowest BCUT2D eigenvalue weighted by Crippen LogP contribution is -2.37. The van der Waals surface area contributed by atoms with Crippen molar-refractivity contribution in [3.63, 3.8) is 0 Å². The third-order valence-electron chi connectivity index (χ3n) is 4.16. The number of carbonyl (C=O) groups is 1. The smallest absolute Gasteiger partial charge is 0.356 e. The van der Waals surface area contributed by atoms with Crippen molar-refractivity contribution in [1.82, 2.24) is 0 Å². The summed E-state index contributed by atoms with van der Waals surface area (Å²) in [6.07, 6.45) is 0.961. The molecule has 0 aliphatic carbocycles. The largest absolute Gasteiger partial charge is 0.476 e. The van der Waals surface area contributed by atoms with Crippen LogP contribution in [0, 0.1) is 4.91 Å². The molecule has 0 radical (unpaired) electrons. The second kappa shape index (κ2) is 8.60. The first-order valence-corrected chi connectivity index (χ1v) is 9.69. The predicted molar refractivity (Wildman–Crippen MR) is 103 cm³/mol. The lowest BCUT2D eigenvalue weighted by Gasteiger charge is -2.19.